The molecule has 0 amide bonds. The molecule has 0 aromatic carbocycles. The number of hydrogen-bond acceptors (Lipinski definition) is 5. The monoisotopic (exact) mass is 250 g/mol. The van der Waals surface area contributed by atoms with Crippen LogP contribution >= 0.6 is 11.8 Å². The second-order valence-corrected chi connectivity index (χ2v) is 5.07. The Balaban J connectivity index is 3.53. The molecule has 0 rings (SSSR count). The van der Waals surface area contributed by atoms with Gasteiger partial charge in [-0.3, -0.25) is 4.79 Å². The van der Waals surface area contributed by atoms with Crippen molar-refractivity contribution in [2.75, 3.05) is 25.2 Å². The van der Waals surface area contributed by atoms with Gasteiger partial charge in [-0.25, -0.2) is 0 Å². The second kappa shape index (κ2) is 8.84. The van der Waals surface area contributed by atoms with Gasteiger partial charge in [0, 0.05) is 11.5 Å². The van der Waals surface area contributed by atoms with Crippen LogP contribution in [0.1, 0.15) is 20.8 Å². The molecule has 2 atom stereocenters. The topological polar surface area (TPSA) is 55.8 Å². The molecule has 5 heteroatoms. The normalized spacial score (nSPS) is 14.9. The average Bonchev–Trinajstić information content (AvgIpc) is 2.24. The number of ether oxygens (including phenoxy) is 2. The summed E-state index contributed by atoms with van der Waals surface area (Å²) >= 11 is 1.53. The van der Waals surface area contributed by atoms with Gasteiger partial charge in [0.05, 0.1) is 31.8 Å². The highest BCUT2D eigenvalue weighted by atomic mass is 32.2. The van der Waals surface area contributed by atoms with Gasteiger partial charge in [-0.15, -0.1) is 0 Å². The Kier molecular flexibility index (Phi) is 8.70. The minimum absolute atomic E-state index is 0.131. The van der Waals surface area contributed by atoms with Crippen molar-refractivity contribution >= 4 is 17.7 Å². The zero-order valence-corrected chi connectivity index (χ0v) is 11.3. The highest BCUT2D eigenvalue weighted by Crippen LogP contribution is 2.11. The first-order valence-corrected chi connectivity index (χ1v) is 6.58. The van der Waals surface area contributed by atoms with Crippen molar-refractivity contribution in [1.82, 2.24) is 0 Å². The van der Waals surface area contributed by atoms with Gasteiger partial charge in [0.1, 0.15) is 0 Å². The standard InChI is InChI=1S/C11H22O4S/c1-8(2)15-5-10(12)7-16-6-9(3)11(13)14-4/h8-10,12H,5-7H2,1-4H3. The Morgan fingerprint density at radius 1 is 1.31 bits per heavy atom. The van der Waals surface area contributed by atoms with E-state index >= 15 is 0 Å². The highest BCUT2D eigenvalue weighted by molar-refractivity contribution is 7.99. The van der Waals surface area contributed by atoms with E-state index in [0.29, 0.717) is 18.1 Å². The SMILES string of the molecule is COC(=O)C(C)CSCC(O)COC(C)C. The lowest BCUT2D eigenvalue weighted by Gasteiger charge is -2.14. The number of carbonyl (C=O) groups excluding carboxylic acids is 1. The van der Waals surface area contributed by atoms with Crippen LogP contribution in [-0.2, 0) is 14.3 Å². The molecular formula is C11H22O4S. The molecule has 0 heterocycles. The van der Waals surface area contributed by atoms with Crippen molar-refractivity contribution < 1.29 is 19.4 Å². The number of methoxy groups -OCH3 is 1. The van der Waals surface area contributed by atoms with E-state index in [1.165, 1.54) is 18.9 Å². The smallest absolute Gasteiger partial charge is 0.309 e. The van der Waals surface area contributed by atoms with E-state index in [1.807, 2.05) is 20.8 Å². The van der Waals surface area contributed by atoms with Crippen LogP contribution in [0.2, 0.25) is 0 Å². The van der Waals surface area contributed by atoms with E-state index in [4.69, 9.17) is 4.74 Å². The predicted octanol–water partition coefficient (Wildman–Crippen LogP) is 1.31. The van der Waals surface area contributed by atoms with Crippen molar-refractivity contribution in [2.24, 2.45) is 5.92 Å². The fourth-order valence-corrected chi connectivity index (χ4v) is 2.00. The summed E-state index contributed by atoms with van der Waals surface area (Å²) in [6.45, 7) is 6.02. The maximum absolute atomic E-state index is 11.1. The molecule has 0 aliphatic carbocycles. The third-order valence-electron chi connectivity index (χ3n) is 1.90. The maximum atomic E-state index is 11.1. The number of esters is 1. The molecule has 0 radical (unpaired) electrons. The zero-order chi connectivity index (χ0) is 12.6. The number of aliphatic hydroxyl groups excluding tert-OH is 1. The molecule has 16 heavy (non-hydrogen) atoms. The largest absolute Gasteiger partial charge is 0.469 e. The third-order valence-corrected chi connectivity index (χ3v) is 3.26. The summed E-state index contributed by atoms with van der Waals surface area (Å²) < 4.78 is 9.88. The van der Waals surface area contributed by atoms with Crippen LogP contribution < -0.4 is 0 Å². The van der Waals surface area contributed by atoms with Gasteiger partial charge >= 0.3 is 5.97 Å². The van der Waals surface area contributed by atoms with Gasteiger partial charge < -0.3 is 14.6 Å². The Morgan fingerprint density at radius 2 is 1.94 bits per heavy atom. The fourth-order valence-electron chi connectivity index (χ4n) is 1.00. The van der Waals surface area contributed by atoms with Crippen molar-refractivity contribution in [3.05, 3.63) is 0 Å². The van der Waals surface area contributed by atoms with Crippen LogP contribution in [0.15, 0.2) is 0 Å². The maximum Gasteiger partial charge on any atom is 0.309 e. The predicted molar refractivity (Wildman–Crippen MR) is 65.6 cm³/mol. The van der Waals surface area contributed by atoms with Crippen molar-refractivity contribution in [3.63, 3.8) is 0 Å². The summed E-state index contributed by atoms with van der Waals surface area (Å²) in [5.74, 6) is 0.896. The molecule has 96 valence electrons. The molecule has 1 N–H and O–H groups in total. The third kappa shape index (κ3) is 7.96. The van der Waals surface area contributed by atoms with E-state index in [-0.39, 0.29) is 18.0 Å². The van der Waals surface area contributed by atoms with E-state index < -0.39 is 6.10 Å². The molecule has 0 saturated carbocycles. The molecule has 0 aromatic rings. The minimum Gasteiger partial charge on any atom is -0.469 e. The molecule has 0 bridgehead atoms. The second-order valence-electron chi connectivity index (χ2n) is 4.00. The Labute approximate surface area is 102 Å². The lowest BCUT2D eigenvalue weighted by Crippen LogP contribution is -2.22. The summed E-state index contributed by atoms with van der Waals surface area (Å²) in [7, 11) is 1.38. The van der Waals surface area contributed by atoms with Crippen LogP contribution in [0, 0.1) is 5.92 Å². The van der Waals surface area contributed by atoms with Crippen LogP contribution in [0.5, 0.6) is 0 Å². The highest BCUT2D eigenvalue weighted by Gasteiger charge is 2.14. The van der Waals surface area contributed by atoms with Gasteiger partial charge in [-0.05, 0) is 13.8 Å². The molecule has 4 nitrogen and oxygen atoms in total. The Morgan fingerprint density at radius 3 is 2.44 bits per heavy atom. The number of rotatable bonds is 8. The first kappa shape index (κ1) is 15.7. The van der Waals surface area contributed by atoms with Gasteiger partial charge in [0.15, 0.2) is 0 Å². The Hall–Kier alpha value is -0.260. The van der Waals surface area contributed by atoms with Gasteiger partial charge in [0.2, 0.25) is 0 Å². The van der Waals surface area contributed by atoms with Crippen LogP contribution in [0.4, 0.5) is 0 Å². The molecule has 0 spiro atoms. The molecule has 0 fully saturated rings. The van der Waals surface area contributed by atoms with E-state index in [1.54, 1.807) is 0 Å². The summed E-state index contributed by atoms with van der Waals surface area (Å²) in [4.78, 5) is 11.1. The lowest BCUT2D eigenvalue weighted by atomic mass is 10.2. The van der Waals surface area contributed by atoms with Gasteiger partial charge in [-0.2, -0.15) is 11.8 Å². The summed E-state index contributed by atoms with van der Waals surface area (Å²) in [5.41, 5.74) is 0. The average molecular weight is 250 g/mol. The Bertz CT molecular complexity index is 196. The van der Waals surface area contributed by atoms with Crippen LogP contribution in [0.25, 0.3) is 0 Å². The zero-order valence-electron chi connectivity index (χ0n) is 10.4. The first-order chi connectivity index (χ1) is 7.47. The van der Waals surface area contributed by atoms with Crippen LogP contribution in [0.3, 0.4) is 0 Å². The molecular weight excluding hydrogens is 228 g/mol. The van der Waals surface area contributed by atoms with E-state index in [9.17, 15) is 9.90 Å². The molecule has 0 aliphatic heterocycles. The van der Waals surface area contributed by atoms with E-state index in [2.05, 4.69) is 4.74 Å². The summed E-state index contributed by atoms with van der Waals surface area (Å²) in [6, 6.07) is 0. The van der Waals surface area contributed by atoms with Crippen LogP contribution in [-0.4, -0.2) is 48.5 Å². The quantitative estimate of drug-likeness (QED) is 0.658. The minimum atomic E-state index is -0.475. The van der Waals surface area contributed by atoms with Crippen molar-refractivity contribution in [1.29, 1.82) is 0 Å². The number of hydrogen-bond donors (Lipinski definition) is 1. The first-order valence-electron chi connectivity index (χ1n) is 5.42. The summed E-state index contributed by atoms with van der Waals surface area (Å²) in [6.07, 6.45) is -0.342. The van der Waals surface area contributed by atoms with Gasteiger partial charge in [0.25, 0.3) is 0 Å². The number of thioether (sulfide) groups is 1. The summed E-state index contributed by atoms with van der Waals surface area (Å²) in [5, 5.41) is 9.54. The van der Waals surface area contributed by atoms with Crippen molar-refractivity contribution in [3.8, 4) is 0 Å². The van der Waals surface area contributed by atoms with Crippen molar-refractivity contribution in [2.45, 2.75) is 33.0 Å². The number of aliphatic hydroxyl groups is 1. The molecule has 0 saturated heterocycles. The fraction of sp³-hybridized carbons (Fsp3) is 0.909. The lowest BCUT2D eigenvalue weighted by molar-refractivity contribution is -0.144. The van der Waals surface area contributed by atoms with Gasteiger partial charge in [-0.1, -0.05) is 6.92 Å². The molecule has 0 aromatic heterocycles. The number of carbonyl (C=O) groups is 1. The van der Waals surface area contributed by atoms with E-state index in [0.717, 1.165) is 0 Å². The molecule has 0 aliphatic rings. The molecule has 2 unspecified atom stereocenters.